The van der Waals surface area contributed by atoms with Crippen LogP contribution in [0.1, 0.15) is 5.82 Å². The number of amides is 2. The van der Waals surface area contributed by atoms with Crippen LogP contribution in [0.2, 0.25) is 0 Å². The van der Waals surface area contributed by atoms with E-state index < -0.39 is 29.7 Å². The summed E-state index contributed by atoms with van der Waals surface area (Å²) in [6.07, 6.45) is 0. The first-order chi connectivity index (χ1) is 21.0. The Kier molecular flexibility index (Phi) is 9.77. The molecule has 0 saturated carbocycles. The highest BCUT2D eigenvalue weighted by Gasteiger charge is 2.52. The van der Waals surface area contributed by atoms with Gasteiger partial charge in [-0.3, -0.25) is 29.5 Å². The molecule has 4 aliphatic heterocycles. The van der Waals surface area contributed by atoms with Crippen LogP contribution in [0.5, 0.6) is 0 Å². The number of carbonyl (C=O) groups excluding carboxylic acids is 2. The zero-order chi connectivity index (χ0) is 31.7. The number of β-lactam (4-membered cyclic amide) rings is 2. The maximum atomic E-state index is 11.8. The zero-order valence-electron chi connectivity index (χ0n) is 22.7. The van der Waals surface area contributed by atoms with E-state index in [1.54, 1.807) is 7.11 Å². The highest BCUT2D eigenvalue weighted by molar-refractivity contribution is 8.01. The molecule has 6 rings (SSSR count). The Morgan fingerprint density at radius 2 is 1.48 bits per heavy atom. The number of ether oxygens (including phenoxy) is 1. The van der Waals surface area contributed by atoms with Crippen LogP contribution in [-0.2, 0) is 30.5 Å². The number of aliphatic carboxylic acids is 2. The van der Waals surface area contributed by atoms with E-state index in [2.05, 4.69) is 30.4 Å². The van der Waals surface area contributed by atoms with Gasteiger partial charge in [-0.05, 0) is 11.1 Å². The van der Waals surface area contributed by atoms with Gasteiger partial charge >= 0.3 is 17.6 Å². The van der Waals surface area contributed by atoms with Gasteiger partial charge in [0.05, 0.1) is 0 Å². The number of methoxy groups -OCH3 is 1. The molecule has 4 atom stereocenters. The Bertz CT molecular complexity index is 1600. The van der Waals surface area contributed by atoms with Crippen molar-refractivity contribution in [3.05, 3.63) is 38.8 Å². The van der Waals surface area contributed by atoms with Crippen molar-refractivity contribution in [2.45, 2.75) is 39.8 Å². The van der Waals surface area contributed by atoms with Crippen LogP contribution in [0.4, 0.5) is 0 Å². The van der Waals surface area contributed by atoms with E-state index in [1.165, 1.54) is 56.8 Å². The molecule has 6 heterocycles. The third-order valence-corrected chi connectivity index (χ3v) is 11.2. The summed E-state index contributed by atoms with van der Waals surface area (Å²) in [5.41, 5.74) is 12.3. The van der Waals surface area contributed by atoms with Crippen molar-refractivity contribution in [2.75, 3.05) is 30.1 Å². The molecule has 22 heteroatoms. The molecule has 0 aliphatic carbocycles. The van der Waals surface area contributed by atoms with Crippen LogP contribution in [0.15, 0.2) is 37.6 Å². The summed E-state index contributed by atoms with van der Waals surface area (Å²) in [5, 5.41) is 31.8. The van der Waals surface area contributed by atoms with Crippen molar-refractivity contribution in [3.63, 3.8) is 0 Å². The molecule has 4 aliphatic rings. The molecule has 0 radical (unpaired) electrons. The van der Waals surface area contributed by atoms with Gasteiger partial charge < -0.3 is 26.4 Å². The minimum Gasteiger partial charge on any atom is -0.477 e. The lowest BCUT2D eigenvalue weighted by molar-refractivity contribution is -0.147. The maximum Gasteiger partial charge on any atom is 0.352 e. The Morgan fingerprint density at radius 3 is 1.95 bits per heavy atom. The Morgan fingerprint density at radius 1 is 0.932 bits per heavy atom. The van der Waals surface area contributed by atoms with E-state index in [9.17, 15) is 34.2 Å². The van der Waals surface area contributed by atoms with Crippen molar-refractivity contribution < 1.29 is 34.1 Å². The number of H-pyrrole nitrogens is 3. The molecule has 2 fully saturated rings. The fraction of sp³-hybridized carbons (Fsp3) is 0.455. The lowest BCUT2D eigenvalue weighted by atomic mass is 10.0. The fourth-order valence-corrected chi connectivity index (χ4v) is 9.05. The summed E-state index contributed by atoms with van der Waals surface area (Å²) in [6.45, 7) is 0.328. The maximum absolute atomic E-state index is 11.8. The highest BCUT2D eigenvalue weighted by Crippen LogP contribution is 2.41. The van der Waals surface area contributed by atoms with Crippen molar-refractivity contribution in [2.24, 2.45) is 11.5 Å². The third-order valence-electron chi connectivity index (χ3n) is 6.61. The summed E-state index contributed by atoms with van der Waals surface area (Å²) < 4.78 is 4.95. The summed E-state index contributed by atoms with van der Waals surface area (Å²) in [4.78, 5) is 66.7. The average Bonchev–Trinajstić information content (AvgIpc) is 3.65. The largest absolute Gasteiger partial charge is 0.477 e. The van der Waals surface area contributed by atoms with Crippen LogP contribution >= 0.6 is 47.0 Å². The fourth-order valence-electron chi connectivity index (χ4n) is 4.56. The van der Waals surface area contributed by atoms with Crippen LogP contribution in [-0.4, -0.2) is 127 Å². The van der Waals surface area contributed by atoms with Gasteiger partial charge in [-0.15, -0.1) is 33.7 Å². The minimum absolute atomic E-state index is 0.00386. The summed E-state index contributed by atoms with van der Waals surface area (Å²) in [6, 6.07) is -1.26. The van der Waals surface area contributed by atoms with E-state index in [0.29, 0.717) is 56.9 Å². The molecular weight excluding hydrogens is 661 g/mol. The molecule has 18 nitrogen and oxygen atoms in total. The van der Waals surface area contributed by atoms with Crippen molar-refractivity contribution in [3.8, 4) is 0 Å². The first kappa shape index (κ1) is 32.1. The SMILES string of the molecule is COCc1nc(SCC2=C(C(=O)O)N3C(=O)C(N)[C@H]3SC2)n[nH]1.NC1C(=O)N2C(C(=O)O)=C(CSc3n[nH]c(=O)[nH]3)CS[C@H]12. The van der Waals surface area contributed by atoms with Crippen molar-refractivity contribution in [1.82, 2.24) is 40.2 Å². The third kappa shape index (κ3) is 6.27. The predicted octanol–water partition coefficient (Wildman–Crippen LogP) is -1.60. The molecular formula is C22H26N10O8S4. The van der Waals surface area contributed by atoms with Gasteiger partial charge in [-0.1, -0.05) is 23.5 Å². The second kappa shape index (κ2) is 13.4. The number of fused-ring (bicyclic) bond motifs is 2. The number of nitrogens with zero attached hydrogens (tertiary/aromatic N) is 5. The number of hydrogen-bond acceptors (Lipinski definition) is 15. The van der Waals surface area contributed by atoms with Gasteiger partial charge in [0.15, 0.2) is 11.0 Å². The number of nitrogens with two attached hydrogens (primary N) is 2. The topological polar surface area (TPSA) is 280 Å². The first-order valence-corrected chi connectivity index (χ1v) is 16.7. The van der Waals surface area contributed by atoms with Gasteiger partial charge in [0.25, 0.3) is 0 Å². The van der Waals surface area contributed by atoms with Crippen LogP contribution in [0.25, 0.3) is 0 Å². The molecule has 2 amide bonds. The molecule has 2 unspecified atom stereocenters. The number of hydrogen-bond donors (Lipinski definition) is 7. The quantitative estimate of drug-likeness (QED) is 0.109. The standard InChI is InChI=1S/C12H15N5O4S2.C10H11N5O4S2/c1-21-2-6-14-12(16-15-6)23-4-5-3-22-10-7(13)9(18)17(10)8(5)11(19)20;11-4-6(16)15-5(8(17)18)3(1-20-7(4)15)2-21-10-12-9(19)13-14-10/h7,10H,2-4,13H2,1H3,(H,19,20)(H,14,15,16);4,7H,1-2,11H2,(H,17,18)(H2,12,13,14,19)/t7?,10-;4?,7-/m11/s1. The lowest BCUT2D eigenvalue weighted by Gasteiger charge is -2.48. The number of carbonyl (C=O) groups is 4. The molecule has 2 aromatic rings. The number of nitrogens with one attached hydrogen (secondary N) is 3. The summed E-state index contributed by atoms with van der Waals surface area (Å²) >= 11 is 5.43. The van der Waals surface area contributed by atoms with Gasteiger partial charge in [0.1, 0.15) is 40.8 Å². The smallest absolute Gasteiger partial charge is 0.352 e. The number of carboxylic acids is 2. The van der Waals surface area contributed by atoms with Crippen LogP contribution in [0, 0.1) is 0 Å². The van der Waals surface area contributed by atoms with Crippen LogP contribution < -0.4 is 17.2 Å². The molecule has 2 saturated heterocycles. The Labute approximate surface area is 264 Å². The lowest BCUT2D eigenvalue weighted by Crippen LogP contribution is -2.68. The van der Waals surface area contributed by atoms with E-state index in [4.69, 9.17) is 16.2 Å². The van der Waals surface area contributed by atoms with Crippen molar-refractivity contribution in [1.29, 1.82) is 0 Å². The molecule has 0 spiro atoms. The van der Waals surface area contributed by atoms with E-state index in [1.807, 2.05) is 0 Å². The van der Waals surface area contributed by atoms with E-state index in [0.717, 1.165) is 0 Å². The highest BCUT2D eigenvalue weighted by atomic mass is 32.2. The van der Waals surface area contributed by atoms with E-state index in [-0.39, 0.29) is 34.0 Å². The molecule has 236 valence electrons. The minimum atomic E-state index is -1.15. The Balaban J connectivity index is 0.000000175. The van der Waals surface area contributed by atoms with Gasteiger partial charge in [-0.25, -0.2) is 24.5 Å². The molecule has 44 heavy (non-hydrogen) atoms. The number of thioether (sulfide) groups is 4. The molecule has 0 bridgehead atoms. The van der Waals surface area contributed by atoms with Gasteiger partial charge in [0, 0.05) is 30.1 Å². The average molecular weight is 687 g/mol. The second-order valence-corrected chi connectivity index (χ2v) is 13.6. The molecule has 9 N–H and O–H groups in total. The van der Waals surface area contributed by atoms with Crippen molar-refractivity contribution >= 4 is 70.8 Å². The predicted molar refractivity (Wildman–Crippen MR) is 159 cm³/mol. The van der Waals surface area contributed by atoms with E-state index >= 15 is 0 Å². The second-order valence-electron chi connectivity index (χ2n) is 9.44. The molecule has 0 aromatic carbocycles. The number of aromatic nitrogens is 6. The summed E-state index contributed by atoms with van der Waals surface area (Å²) in [5.74, 6) is -0.663. The monoisotopic (exact) mass is 686 g/mol. The zero-order valence-corrected chi connectivity index (χ0v) is 26.0. The van der Waals surface area contributed by atoms with Crippen LogP contribution in [0.3, 0.4) is 0 Å². The van der Waals surface area contributed by atoms with Gasteiger partial charge in [0.2, 0.25) is 17.0 Å². The molecule has 2 aromatic heterocycles. The number of carboxylic acid groups (broad SMARTS) is 2. The van der Waals surface area contributed by atoms with Gasteiger partial charge in [-0.2, -0.15) is 0 Å². The summed E-state index contributed by atoms with van der Waals surface area (Å²) in [7, 11) is 1.56. The Hall–Kier alpha value is -3.28. The number of aromatic amines is 3. The number of rotatable bonds is 10. The normalized spacial score (nSPS) is 24.2. The first-order valence-electron chi connectivity index (χ1n) is 12.6.